The molecule has 1 heterocycles. The Bertz CT molecular complexity index is 589. The quantitative estimate of drug-likeness (QED) is 0.866. The van der Waals surface area contributed by atoms with Crippen molar-refractivity contribution >= 4 is 33.4 Å². The van der Waals surface area contributed by atoms with E-state index in [9.17, 15) is 4.79 Å². The number of nitrogens with one attached hydrogen (secondary N) is 1. The van der Waals surface area contributed by atoms with Crippen LogP contribution in [0.4, 0.5) is 0 Å². The number of aromatic nitrogens is 1. The van der Waals surface area contributed by atoms with E-state index in [0.717, 1.165) is 11.1 Å². The van der Waals surface area contributed by atoms with Crippen LogP contribution in [0.15, 0.2) is 47.1 Å². The lowest BCUT2D eigenvalue weighted by molar-refractivity contribution is 0.0945. The van der Waals surface area contributed by atoms with Crippen molar-refractivity contribution in [3.05, 3.63) is 63.9 Å². The standard InChI is InChI=1S/C14H12BrClN2O/c15-12-5-2-6-17-13(12)14(19)18-9-11-4-1-3-10(7-11)8-16/h1-7H,8-9H2,(H,18,19). The van der Waals surface area contributed by atoms with Crippen molar-refractivity contribution in [1.29, 1.82) is 0 Å². The van der Waals surface area contributed by atoms with E-state index in [1.54, 1.807) is 18.3 Å². The van der Waals surface area contributed by atoms with Gasteiger partial charge in [-0.1, -0.05) is 24.3 Å². The SMILES string of the molecule is O=C(NCc1cccc(CCl)c1)c1ncccc1Br. The molecule has 0 saturated carbocycles. The fourth-order valence-electron chi connectivity index (χ4n) is 1.64. The van der Waals surface area contributed by atoms with Gasteiger partial charge in [0.1, 0.15) is 5.69 Å². The van der Waals surface area contributed by atoms with Crippen LogP contribution in [0.3, 0.4) is 0 Å². The van der Waals surface area contributed by atoms with Crippen LogP contribution >= 0.6 is 27.5 Å². The maximum atomic E-state index is 12.0. The molecule has 1 amide bonds. The normalized spacial score (nSPS) is 10.2. The van der Waals surface area contributed by atoms with Gasteiger partial charge in [-0.05, 0) is 39.2 Å². The molecule has 2 rings (SSSR count). The highest BCUT2D eigenvalue weighted by molar-refractivity contribution is 9.10. The zero-order valence-electron chi connectivity index (χ0n) is 10.1. The number of hydrogen-bond donors (Lipinski definition) is 1. The Labute approximate surface area is 125 Å². The fraction of sp³-hybridized carbons (Fsp3) is 0.143. The first-order valence-corrected chi connectivity index (χ1v) is 7.06. The van der Waals surface area contributed by atoms with E-state index < -0.39 is 0 Å². The number of halogens is 2. The second kappa shape index (κ2) is 6.68. The van der Waals surface area contributed by atoms with Crippen LogP contribution in [0.2, 0.25) is 0 Å². The molecule has 0 aliphatic rings. The predicted octanol–water partition coefficient (Wildman–Crippen LogP) is 3.51. The van der Waals surface area contributed by atoms with Gasteiger partial charge >= 0.3 is 0 Å². The second-order valence-corrected chi connectivity index (χ2v) is 5.09. The number of rotatable bonds is 4. The summed E-state index contributed by atoms with van der Waals surface area (Å²) in [5.74, 6) is 0.261. The molecule has 1 aromatic carbocycles. The summed E-state index contributed by atoms with van der Waals surface area (Å²) in [6.07, 6.45) is 1.59. The predicted molar refractivity (Wildman–Crippen MR) is 79.1 cm³/mol. The van der Waals surface area contributed by atoms with Gasteiger partial charge in [-0.15, -0.1) is 11.6 Å². The Hall–Kier alpha value is -1.39. The minimum absolute atomic E-state index is 0.205. The first kappa shape index (κ1) is 14.0. The van der Waals surface area contributed by atoms with Crippen molar-refractivity contribution in [3.8, 4) is 0 Å². The van der Waals surface area contributed by atoms with Gasteiger partial charge in [-0.2, -0.15) is 0 Å². The van der Waals surface area contributed by atoms with E-state index in [0.29, 0.717) is 22.6 Å². The molecule has 1 N–H and O–H groups in total. The van der Waals surface area contributed by atoms with Crippen LogP contribution in [0.1, 0.15) is 21.6 Å². The van der Waals surface area contributed by atoms with Crippen molar-refractivity contribution in [1.82, 2.24) is 10.3 Å². The van der Waals surface area contributed by atoms with E-state index in [4.69, 9.17) is 11.6 Å². The first-order valence-electron chi connectivity index (χ1n) is 5.73. The molecule has 2 aromatic rings. The molecule has 0 radical (unpaired) electrons. The summed E-state index contributed by atoms with van der Waals surface area (Å²) < 4.78 is 0.682. The van der Waals surface area contributed by atoms with E-state index in [1.165, 1.54) is 0 Å². The molecular formula is C14H12BrClN2O. The number of hydrogen-bond acceptors (Lipinski definition) is 2. The largest absolute Gasteiger partial charge is 0.347 e. The highest BCUT2D eigenvalue weighted by Crippen LogP contribution is 2.13. The Balaban J connectivity index is 2.02. The number of pyridine rings is 1. The van der Waals surface area contributed by atoms with Gasteiger partial charge in [0.25, 0.3) is 5.91 Å². The molecule has 98 valence electrons. The Morgan fingerprint density at radius 3 is 2.79 bits per heavy atom. The molecule has 0 atom stereocenters. The number of carbonyl (C=O) groups is 1. The smallest absolute Gasteiger partial charge is 0.271 e. The maximum Gasteiger partial charge on any atom is 0.271 e. The third-order valence-corrected chi connectivity index (χ3v) is 3.52. The summed E-state index contributed by atoms with van der Waals surface area (Å²) in [7, 11) is 0. The number of carbonyl (C=O) groups excluding carboxylic acids is 1. The summed E-state index contributed by atoms with van der Waals surface area (Å²) in [4.78, 5) is 16.0. The topological polar surface area (TPSA) is 42.0 Å². The molecule has 0 unspecified atom stereocenters. The molecule has 0 aliphatic carbocycles. The van der Waals surface area contributed by atoms with Crippen molar-refractivity contribution in [2.75, 3.05) is 0 Å². The van der Waals surface area contributed by atoms with E-state index in [1.807, 2.05) is 24.3 Å². The minimum atomic E-state index is -0.205. The van der Waals surface area contributed by atoms with E-state index >= 15 is 0 Å². The van der Waals surface area contributed by atoms with Crippen LogP contribution in [0.25, 0.3) is 0 Å². The molecule has 3 nitrogen and oxygen atoms in total. The highest BCUT2D eigenvalue weighted by Gasteiger charge is 2.10. The lowest BCUT2D eigenvalue weighted by Crippen LogP contribution is -2.24. The minimum Gasteiger partial charge on any atom is -0.347 e. The van der Waals surface area contributed by atoms with Crippen LogP contribution in [0.5, 0.6) is 0 Å². The molecule has 19 heavy (non-hydrogen) atoms. The lowest BCUT2D eigenvalue weighted by atomic mass is 10.1. The Morgan fingerprint density at radius 1 is 1.26 bits per heavy atom. The van der Waals surface area contributed by atoms with Crippen LogP contribution in [-0.2, 0) is 12.4 Å². The Kier molecular flexibility index (Phi) is 4.93. The zero-order valence-corrected chi connectivity index (χ0v) is 12.4. The van der Waals surface area contributed by atoms with Gasteiger partial charge in [0.05, 0.1) is 0 Å². The van der Waals surface area contributed by atoms with Crippen molar-refractivity contribution in [2.24, 2.45) is 0 Å². The average Bonchev–Trinajstić information content (AvgIpc) is 2.45. The summed E-state index contributed by atoms with van der Waals surface area (Å²) in [5, 5.41) is 2.83. The van der Waals surface area contributed by atoms with Gasteiger partial charge in [-0.25, -0.2) is 4.98 Å². The summed E-state index contributed by atoms with van der Waals surface area (Å²) in [6, 6.07) is 11.4. The zero-order chi connectivity index (χ0) is 13.7. The van der Waals surface area contributed by atoms with E-state index in [-0.39, 0.29) is 5.91 Å². The summed E-state index contributed by atoms with van der Waals surface area (Å²) >= 11 is 9.08. The van der Waals surface area contributed by atoms with Crippen molar-refractivity contribution < 1.29 is 4.79 Å². The summed E-state index contributed by atoms with van der Waals surface area (Å²) in [6.45, 7) is 0.451. The van der Waals surface area contributed by atoms with E-state index in [2.05, 4.69) is 26.2 Å². The molecule has 0 aliphatic heterocycles. The third-order valence-electron chi connectivity index (χ3n) is 2.57. The lowest BCUT2D eigenvalue weighted by Gasteiger charge is -2.07. The van der Waals surface area contributed by atoms with Crippen LogP contribution in [-0.4, -0.2) is 10.9 Å². The maximum absolute atomic E-state index is 12.0. The molecule has 0 saturated heterocycles. The molecule has 0 bridgehead atoms. The van der Waals surface area contributed by atoms with Gasteiger partial charge in [-0.3, -0.25) is 4.79 Å². The summed E-state index contributed by atoms with van der Waals surface area (Å²) in [5.41, 5.74) is 2.43. The number of nitrogens with zero attached hydrogens (tertiary/aromatic N) is 1. The molecule has 0 fully saturated rings. The molecular weight excluding hydrogens is 328 g/mol. The van der Waals surface area contributed by atoms with Crippen molar-refractivity contribution in [2.45, 2.75) is 12.4 Å². The van der Waals surface area contributed by atoms with Crippen LogP contribution < -0.4 is 5.32 Å². The average molecular weight is 340 g/mol. The van der Waals surface area contributed by atoms with Gasteiger partial charge in [0, 0.05) is 23.1 Å². The van der Waals surface area contributed by atoms with Gasteiger partial charge < -0.3 is 5.32 Å². The number of alkyl halides is 1. The first-order chi connectivity index (χ1) is 9.20. The monoisotopic (exact) mass is 338 g/mol. The van der Waals surface area contributed by atoms with Gasteiger partial charge in [0.15, 0.2) is 0 Å². The Morgan fingerprint density at radius 2 is 2.05 bits per heavy atom. The second-order valence-electron chi connectivity index (χ2n) is 3.97. The van der Waals surface area contributed by atoms with Crippen LogP contribution in [0, 0.1) is 0 Å². The number of benzene rings is 1. The molecule has 1 aromatic heterocycles. The highest BCUT2D eigenvalue weighted by atomic mass is 79.9. The molecule has 0 spiro atoms. The van der Waals surface area contributed by atoms with Gasteiger partial charge in [0.2, 0.25) is 0 Å². The fourth-order valence-corrected chi connectivity index (χ4v) is 2.24. The van der Waals surface area contributed by atoms with Crippen molar-refractivity contribution in [3.63, 3.8) is 0 Å². The third kappa shape index (κ3) is 3.78. The molecule has 5 heteroatoms. The number of amides is 1.